The molecule has 0 atom stereocenters. The summed E-state index contributed by atoms with van der Waals surface area (Å²) in [6.45, 7) is 0. The van der Waals surface area contributed by atoms with Crippen molar-refractivity contribution in [3.8, 4) is 0 Å². The highest BCUT2D eigenvalue weighted by Gasteiger charge is 2.07. The van der Waals surface area contributed by atoms with E-state index in [1.165, 1.54) is 18.3 Å². The summed E-state index contributed by atoms with van der Waals surface area (Å²) in [5, 5.41) is 6.07. The SMILES string of the molecule is Fc1ccc(/C=N\N(c2ccccc2)c2ccccc2)c(F)c1. The largest absolute Gasteiger partial charge is 0.234 e. The van der Waals surface area contributed by atoms with Gasteiger partial charge in [0.05, 0.1) is 17.6 Å². The van der Waals surface area contributed by atoms with Gasteiger partial charge in [0.2, 0.25) is 0 Å². The fourth-order valence-electron chi connectivity index (χ4n) is 2.15. The van der Waals surface area contributed by atoms with Gasteiger partial charge in [0, 0.05) is 11.6 Å². The van der Waals surface area contributed by atoms with Crippen molar-refractivity contribution >= 4 is 17.6 Å². The van der Waals surface area contributed by atoms with Crippen molar-refractivity contribution in [2.75, 3.05) is 5.01 Å². The van der Waals surface area contributed by atoms with E-state index in [4.69, 9.17) is 0 Å². The van der Waals surface area contributed by atoms with Crippen LogP contribution in [0.5, 0.6) is 0 Å². The lowest BCUT2D eigenvalue weighted by atomic mass is 10.2. The van der Waals surface area contributed by atoms with Crippen molar-refractivity contribution in [2.24, 2.45) is 5.10 Å². The Morgan fingerprint density at radius 3 is 1.83 bits per heavy atom. The lowest BCUT2D eigenvalue weighted by molar-refractivity contribution is 0.582. The second-order valence-corrected chi connectivity index (χ2v) is 4.89. The molecule has 0 amide bonds. The molecule has 0 saturated carbocycles. The standard InChI is InChI=1S/C19H14F2N2/c20-16-12-11-15(19(21)13-16)14-22-23(17-7-3-1-4-8-17)18-9-5-2-6-10-18/h1-14H/b22-14-. The molecule has 0 N–H and O–H groups in total. The quantitative estimate of drug-likeness (QED) is 0.481. The van der Waals surface area contributed by atoms with E-state index in [-0.39, 0.29) is 5.56 Å². The first kappa shape index (κ1) is 14.9. The Bertz CT molecular complexity index is 763. The third-order valence-electron chi connectivity index (χ3n) is 3.28. The second-order valence-electron chi connectivity index (χ2n) is 4.89. The number of hydrogen-bond donors (Lipinski definition) is 0. The highest BCUT2D eigenvalue weighted by molar-refractivity contribution is 5.82. The Kier molecular flexibility index (Phi) is 4.43. The lowest BCUT2D eigenvalue weighted by Crippen LogP contribution is -2.09. The zero-order chi connectivity index (χ0) is 16.1. The first-order valence-corrected chi connectivity index (χ1v) is 7.13. The third-order valence-corrected chi connectivity index (χ3v) is 3.28. The maximum Gasteiger partial charge on any atom is 0.134 e. The van der Waals surface area contributed by atoms with Crippen LogP contribution in [0.25, 0.3) is 0 Å². The number of hydrogen-bond acceptors (Lipinski definition) is 2. The van der Waals surface area contributed by atoms with Crippen molar-refractivity contribution in [1.29, 1.82) is 0 Å². The Balaban J connectivity index is 1.98. The molecule has 0 aliphatic rings. The number of halogens is 2. The summed E-state index contributed by atoms with van der Waals surface area (Å²) < 4.78 is 26.7. The first-order valence-electron chi connectivity index (χ1n) is 7.13. The molecule has 0 bridgehead atoms. The second kappa shape index (κ2) is 6.83. The molecule has 2 nitrogen and oxygen atoms in total. The van der Waals surface area contributed by atoms with Crippen LogP contribution in [-0.2, 0) is 0 Å². The Labute approximate surface area is 133 Å². The minimum atomic E-state index is -0.644. The van der Waals surface area contributed by atoms with Gasteiger partial charge in [-0.2, -0.15) is 5.10 Å². The maximum absolute atomic E-state index is 13.8. The molecule has 0 fully saturated rings. The van der Waals surface area contributed by atoms with Crippen LogP contribution in [0, 0.1) is 11.6 Å². The van der Waals surface area contributed by atoms with E-state index >= 15 is 0 Å². The van der Waals surface area contributed by atoms with Crippen LogP contribution in [0.4, 0.5) is 20.2 Å². The van der Waals surface area contributed by atoms with Gasteiger partial charge in [-0.25, -0.2) is 13.8 Å². The highest BCUT2D eigenvalue weighted by atomic mass is 19.1. The summed E-state index contributed by atoms with van der Waals surface area (Å²) in [5.41, 5.74) is 1.92. The number of anilines is 2. The molecule has 0 unspecified atom stereocenters. The van der Waals surface area contributed by atoms with E-state index < -0.39 is 11.6 Å². The van der Waals surface area contributed by atoms with Crippen LogP contribution < -0.4 is 5.01 Å². The van der Waals surface area contributed by atoms with Gasteiger partial charge in [-0.15, -0.1) is 0 Å². The van der Waals surface area contributed by atoms with Gasteiger partial charge in [0.15, 0.2) is 0 Å². The zero-order valence-electron chi connectivity index (χ0n) is 12.2. The number of rotatable bonds is 4. The van der Waals surface area contributed by atoms with Crippen LogP contribution >= 0.6 is 0 Å². The summed E-state index contributed by atoms with van der Waals surface area (Å²) in [6.07, 6.45) is 1.38. The van der Waals surface area contributed by atoms with Gasteiger partial charge in [-0.3, -0.25) is 0 Å². The molecular formula is C19H14F2N2. The summed E-state index contributed by atoms with van der Waals surface area (Å²) in [5.74, 6) is -1.25. The molecule has 23 heavy (non-hydrogen) atoms. The molecular weight excluding hydrogens is 294 g/mol. The van der Waals surface area contributed by atoms with Crippen LogP contribution in [-0.4, -0.2) is 6.21 Å². The highest BCUT2D eigenvalue weighted by Crippen LogP contribution is 2.25. The molecule has 0 spiro atoms. The molecule has 0 saturated heterocycles. The maximum atomic E-state index is 13.8. The smallest absolute Gasteiger partial charge is 0.134 e. The molecule has 0 aromatic heterocycles. The van der Waals surface area contributed by atoms with E-state index in [1.807, 2.05) is 60.7 Å². The van der Waals surface area contributed by atoms with Gasteiger partial charge >= 0.3 is 0 Å². The van der Waals surface area contributed by atoms with Crippen molar-refractivity contribution < 1.29 is 8.78 Å². The summed E-state index contributed by atoms with van der Waals surface area (Å²) in [4.78, 5) is 0. The Hall–Kier alpha value is -3.01. The number of hydrazone groups is 1. The Morgan fingerprint density at radius 1 is 0.739 bits per heavy atom. The van der Waals surface area contributed by atoms with Gasteiger partial charge in [-0.1, -0.05) is 36.4 Å². The number of benzene rings is 3. The molecule has 4 heteroatoms. The van der Waals surface area contributed by atoms with Gasteiger partial charge in [0.1, 0.15) is 11.6 Å². The van der Waals surface area contributed by atoms with Gasteiger partial charge in [0.25, 0.3) is 0 Å². The first-order chi connectivity index (χ1) is 11.2. The van der Waals surface area contributed by atoms with Crippen LogP contribution in [0.1, 0.15) is 5.56 Å². The van der Waals surface area contributed by atoms with Crippen molar-refractivity contribution in [2.45, 2.75) is 0 Å². The molecule has 3 aromatic rings. The van der Waals surface area contributed by atoms with E-state index in [2.05, 4.69) is 5.10 Å². The predicted octanol–water partition coefficient (Wildman–Crippen LogP) is 5.14. The molecule has 0 aliphatic carbocycles. The fraction of sp³-hybridized carbons (Fsp3) is 0. The summed E-state index contributed by atoms with van der Waals surface area (Å²) >= 11 is 0. The number of nitrogens with zero attached hydrogens (tertiary/aromatic N) is 2. The minimum Gasteiger partial charge on any atom is -0.234 e. The lowest BCUT2D eigenvalue weighted by Gasteiger charge is -2.19. The predicted molar refractivity (Wildman–Crippen MR) is 89.0 cm³/mol. The van der Waals surface area contributed by atoms with Crippen molar-refractivity contribution in [3.05, 3.63) is 96.1 Å². The van der Waals surface area contributed by atoms with Crippen molar-refractivity contribution in [3.63, 3.8) is 0 Å². The van der Waals surface area contributed by atoms with Crippen LogP contribution in [0.3, 0.4) is 0 Å². The van der Waals surface area contributed by atoms with Gasteiger partial charge in [-0.05, 0) is 36.4 Å². The van der Waals surface area contributed by atoms with E-state index in [0.717, 1.165) is 17.4 Å². The van der Waals surface area contributed by atoms with E-state index in [9.17, 15) is 8.78 Å². The molecule has 0 heterocycles. The minimum absolute atomic E-state index is 0.225. The molecule has 114 valence electrons. The van der Waals surface area contributed by atoms with E-state index in [1.54, 1.807) is 5.01 Å². The molecule has 3 aromatic carbocycles. The monoisotopic (exact) mass is 308 g/mol. The van der Waals surface area contributed by atoms with E-state index in [0.29, 0.717) is 0 Å². The summed E-state index contributed by atoms with van der Waals surface area (Å²) in [6, 6.07) is 22.5. The molecule has 0 radical (unpaired) electrons. The van der Waals surface area contributed by atoms with Gasteiger partial charge < -0.3 is 0 Å². The third kappa shape index (κ3) is 3.61. The molecule has 0 aliphatic heterocycles. The molecule has 3 rings (SSSR count). The fourth-order valence-corrected chi connectivity index (χ4v) is 2.15. The van der Waals surface area contributed by atoms with Crippen LogP contribution in [0.15, 0.2) is 84.0 Å². The van der Waals surface area contributed by atoms with Crippen LogP contribution in [0.2, 0.25) is 0 Å². The topological polar surface area (TPSA) is 15.6 Å². The number of para-hydroxylation sites is 2. The summed E-state index contributed by atoms with van der Waals surface area (Å²) in [7, 11) is 0. The normalized spacial score (nSPS) is 10.9. The average molecular weight is 308 g/mol. The van der Waals surface area contributed by atoms with Crippen molar-refractivity contribution in [1.82, 2.24) is 0 Å². The average Bonchev–Trinajstić information content (AvgIpc) is 2.59. The Morgan fingerprint density at radius 2 is 1.30 bits per heavy atom. The zero-order valence-corrected chi connectivity index (χ0v) is 12.2.